The normalized spacial score (nSPS) is 13.5. The first-order chi connectivity index (χ1) is 12.6. The third kappa shape index (κ3) is 4.31. The Morgan fingerprint density at radius 2 is 1.92 bits per heavy atom. The van der Waals surface area contributed by atoms with Crippen molar-refractivity contribution in [2.45, 2.75) is 39.2 Å². The number of thiophene rings is 1. The van der Waals surface area contributed by atoms with Crippen LogP contribution in [0, 0.1) is 0 Å². The molecule has 0 atom stereocenters. The highest BCUT2D eigenvalue weighted by Crippen LogP contribution is 2.38. The zero-order chi connectivity index (χ0) is 18.5. The van der Waals surface area contributed by atoms with Crippen LogP contribution in [0.15, 0.2) is 30.3 Å². The molecule has 0 saturated carbocycles. The zero-order valence-electron chi connectivity index (χ0n) is 15.0. The number of nitrogens with zero attached hydrogens (tertiary/aromatic N) is 1. The van der Waals surface area contributed by atoms with Gasteiger partial charge in [-0.15, -0.1) is 11.3 Å². The fourth-order valence-electron chi connectivity index (χ4n) is 3.37. The van der Waals surface area contributed by atoms with Gasteiger partial charge in [-0.05, 0) is 43.4 Å². The number of hydrogen-bond donors (Lipinski definition) is 2. The van der Waals surface area contributed by atoms with Crippen molar-refractivity contribution in [1.29, 1.82) is 0 Å². The number of aryl methyl sites for hydroxylation is 1. The van der Waals surface area contributed by atoms with Crippen molar-refractivity contribution in [3.63, 3.8) is 0 Å². The summed E-state index contributed by atoms with van der Waals surface area (Å²) in [6.45, 7) is 3.70. The quantitative estimate of drug-likeness (QED) is 0.776. The fourth-order valence-corrected chi connectivity index (χ4v) is 4.67. The lowest BCUT2D eigenvalue weighted by molar-refractivity contribution is -0.117. The number of aromatic carboxylic acids is 1. The number of nitrogens with one attached hydrogen (secondary N) is 1. The van der Waals surface area contributed by atoms with Crippen molar-refractivity contribution in [3.8, 4) is 0 Å². The molecule has 0 unspecified atom stereocenters. The van der Waals surface area contributed by atoms with E-state index in [1.54, 1.807) is 0 Å². The molecule has 3 rings (SSSR count). The van der Waals surface area contributed by atoms with E-state index < -0.39 is 5.97 Å². The molecule has 1 aliphatic rings. The molecule has 0 spiro atoms. The van der Waals surface area contributed by atoms with E-state index in [0.717, 1.165) is 48.2 Å². The summed E-state index contributed by atoms with van der Waals surface area (Å²) in [6.07, 6.45) is 3.79. The molecule has 6 heteroatoms. The minimum atomic E-state index is -0.948. The zero-order valence-corrected chi connectivity index (χ0v) is 15.8. The second-order valence-corrected chi connectivity index (χ2v) is 7.66. The van der Waals surface area contributed by atoms with E-state index in [9.17, 15) is 14.7 Å². The maximum Gasteiger partial charge on any atom is 0.339 e. The van der Waals surface area contributed by atoms with Crippen molar-refractivity contribution >= 4 is 28.2 Å². The first-order valence-electron chi connectivity index (χ1n) is 9.02. The number of amides is 1. The van der Waals surface area contributed by atoms with Gasteiger partial charge in [-0.25, -0.2) is 4.79 Å². The van der Waals surface area contributed by atoms with Gasteiger partial charge in [-0.2, -0.15) is 0 Å². The number of benzene rings is 1. The lowest BCUT2D eigenvalue weighted by Gasteiger charge is -2.19. The Morgan fingerprint density at radius 1 is 1.19 bits per heavy atom. The molecular weight excluding hydrogens is 348 g/mol. The maximum atomic E-state index is 12.5. The molecule has 26 heavy (non-hydrogen) atoms. The molecule has 1 aliphatic carbocycles. The van der Waals surface area contributed by atoms with E-state index in [0.29, 0.717) is 17.1 Å². The van der Waals surface area contributed by atoms with Crippen molar-refractivity contribution in [2.24, 2.45) is 0 Å². The Bertz CT molecular complexity index is 786. The molecule has 0 saturated heterocycles. The molecule has 1 amide bonds. The van der Waals surface area contributed by atoms with Crippen LogP contribution in [0.3, 0.4) is 0 Å². The number of likely N-dealkylation sites (N-methyl/N-ethyl adjacent to an activating group) is 1. The smallest absolute Gasteiger partial charge is 0.339 e. The number of fused-ring (bicyclic) bond motifs is 1. The van der Waals surface area contributed by atoms with Crippen LogP contribution >= 0.6 is 11.3 Å². The van der Waals surface area contributed by atoms with Crippen LogP contribution in [-0.2, 0) is 24.2 Å². The Balaban J connectivity index is 1.69. The van der Waals surface area contributed by atoms with E-state index >= 15 is 0 Å². The topological polar surface area (TPSA) is 69.6 Å². The van der Waals surface area contributed by atoms with Crippen LogP contribution < -0.4 is 5.32 Å². The Labute approximate surface area is 157 Å². The summed E-state index contributed by atoms with van der Waals surface area (Å²) < 4.78 is 0. The summed E-state index contributed by atoms with van der Waals surface area (Å²) in [6, 6.07) is 10.0. The molecule has 1 aromatic heterocycles. The predicted molar refractivity (Wildman–Crippen MR) is 104 cm³/mol. The van der Waals surface area contributed by atoms with Crippen LogP contribution in [0.2, 0.25) is 0 Å². The van der Waals surface area contributed by atoms with Gasteiger partial charge in [0.2, 0.25) is 5.91 Å². The Kier molecular flexibility index (Phi) is 6.06. The first-order valence-corrected chi connectivity index (χ1v) is 9.84. The number of carboxylic acids is 1. The summed E-state index contributed by atoms with van der Waals surface area (Å²) in [4.78, 5) is 27.4. The van der Waals surface area contributed by atoms with Crippen molar-refractivity contribution in [2.75, 3.05) is 18.4 Å². The van der Waals surface area contributed by atoms with Gasteiger partial charge < -0.3 is 10.4 Å². The Hall–Kier alpha value is -2.18. The van der Waals surface area contributed by atoms with Crippen LogP contribution in [-0.4, -0.2) is 35.0 Å². The molecule has 138 valence electrons. The van der Waals surface area contributed by atoms with Gasteiger partial charge >= 0.3 is 5.97 Å². The first kappa shape index (κ1) is 18.6. The van der Waals surface area contributed by atoms with Gasteiger partial charge in [0.15, 0.2) is 0 Å². The summed E-state index contributed by atoms with van der Waals surface area (Å²) >= 11 is 1.43. The average molecular weight is 372 g/mol. The number of carbonyl (C=O) groups is 2. The van der Waals surface area contributed by atoms with Gasteiger partial charge in [0.05, 0.1) is 12.1 Å². The summed E-state index contributed by atoms with van der Waals surface area (Å²) in [5.41, 5.74) is 2.37. The molecule has 0 radical (unpaired) electrons. The van der Waals surface area contributed by atoms with Gasteiger partial charge in [-0.1, -0.05) is 37.3 Å². The second kappa shape index (κ2) is 8.47. The average Bonchev–Trinajstić information content (AvgIpc) is 2.99. The largest absolute Gasteiger partial charge is 0.478 e. The molecule has 0 aliphatic heterocycles. The third-order valence-corrected chi connectivity index (χ3v) is 5.91. The molecule has 2 aromatic rings. The molecule has 5 nitrogen and oxygen atoms in total. The monoisotopic (exact) mass is 372 g/mol. The molecule has 1 heterocycles. The molecular formula is C20H24N2O3S. The van der Waals surface area contributed by atoms with E-state index in [1.807, 2.05) is 42.2 Å². The minimum Gasteiger partial charge on any atom is -0.478 e. The molecule has 2 N–H and O–H groups in total. The standard InChI is InChI=1S/C20H24N2O3S/c1-2-22(12-14-8-4-3-5-9-14)13-17(23)21-19-18(20(24)25)15-10-6-7-11-16(15)26-19/h3-5,8-9H,2,6-7,10-13H2,1H3,(H,21,23)(H,24,25). The van der Waals surface area contributed by atoms with Crippen LogP contribution in [0.5, 0.6) is 0 Å². The van der Waals surface area contributed by atoms with E-state index in [-0.39, 0.29) is 12.5 Å². The number of rotatable bonds is 7. The highest BCUT2D eigenvalue weighted by molar-refractivity contribution is 7.17. The number of carboxylic acid groups (broad SMARTS) is 1. The highest BCUT2D eigenvalue weighted by atomic mass is 32.1. The van der Waals surface area contributed by atoms with Crippen LogP contribution in [0.1, 0.15) is 46.1 Å². The fraction of sp³-hybridized carbons (Fsp3) is 0.400. The highest BCUT2D eigenvalue weighted by Gasteiger charge is 2.26. The van der Waals surface area contributed by atoms with Crippen LogP contribution in [0.4, 0.5) is 5.00 Å². The second-order valence-electron chi connectivity index (χ2n) is 6.56. The van der Waals surface area contributed by atoms with Crippen molar-refractivity contribution < 1.29 is 14.7 Å². The van der Waals surface area contributed by atoms with E-state index in [4.69, 9.17) is 0 Å². The lowest BCUT2D eigenvalue weighted by Crippen LogP contribution is -2.32. The predicted octanol–water partition coefficient (Wildman–Crippen LogP) is 3.79. The van der Waals surface area contributed by atoms with Crippen LogP contribution in [0.25, 0.3) is 0 Å². The van der Waals surface area contributed by atoms with Crippen molar-refractivity contribution in [1.82, 2.24) is 4.90 Å². The van der Waals surface area contributed by atoms with Gasteiger partial charge in [0.25, 0.3) is 0 Å². The minimum absolute atomic E-state index is 0.163. The Morgan fingerprint density at radius 3 is 2.62 bits per heavy atom. The van der Waals surface area contributed by atoms with E-state index in [1.165, 1.54) is 11.3 Å². The lowest BCUT2D eigenvalue weighted by atomic mass is 9.95. The van der Waals surface area contributed by atoms with Gasteiger partial charge in [0, 0.05) is 11.4 Å². The molecule has 1 aromatic carbocycles. The summed E-state index contributed by atoms with van der Waals surface area (Å²) in [5, 5.41) is 12.9. The molecule has 0 bridgehead atoms. The summed E-state index contributed by atoms with van der Waals surface area (Å²) in [7, 11) is 0. The number of anilines is 1. The van der Waals surface area contributed by atoms with Gasteiger partial charge in [-0.3, -0.25) is 9.69 Å². The van der Waals surface area contributed by atoms with Crippen molar-refractivity contribution in [3.05, 3.63) is 51.9 Å². The SMILES string of the molecule is CCN(CC(=O)Nc1sc2c(c1C(=O)O)CCCC2)Cc1ccccc1. The number of hydrogen-bond acceptors (Lipinski definition) is 4. The van der Waals surface area contributed by atoms with Gasteiger partial charge in [0.1, 0.15) is 5.00 Å². The summed E-state index contributed by atoms with van der Waals surface area (Å²) in [5.74, 6) is -1.11. The van der Waals surface area contributed by atoms with E-state index in [2.05, 4.69) is 5.32 Å². The maximum absolute atomic E-state index is 12.5. The number of carbonyl (C=O) groups excluding carboxylic acids is 1. The third-order valence-electron chi connectivity index (χ3n) is 4.70. The molecule has 0 fully saturated rings.